The first-order valence-corrected chi connectivity index (χ1v) is 10.9. The van der Waals surface area contributed by atoms with E-state index in [1.807, 2.05) is 30.3 Å². The third-order valence-electron chi connectivity index (χ3n) is 4.96. The van der Waals surface area contributed by atoms with Gasteiger partial charge in [-0.15, -0.1) is 0 Å². The van der Waals surface area contributed by atoms with E-state index in [4.69, 9.17) is 16.4 Å². The molecule has 3 aromatic carbocycles. The molecule has 0 heterocycles. The number of hydrogen-bond donors (Lipinski definition) is 2. The quantitative estimate of drug-likeness (QED) is 0.195. The summed E-state index contributed by atoms with van der Waals surface area (Å²) in [7, 11) is 1.47. The van der Waals surface area contributed by atoms with E-state index >= 15 is 0 Å². The molecule has 0 bridgehead atoms. The highest BCUT2D eigenvalue weighted by Gasteiger charge is 2.21. The molecule has 0 atom stereocenters. The molecule has 178 valence electrons. The number of halogens is 1. The van der Waals surface area contributed by atoms with Gasteiger partial charge in [0.1, 0.15) is 0 Å². The van der Waals surface area contributed by atoms with Crippen molar-refractivity contribution in [1.82, 2.24) is 10.8 Å². The number of rotatable bonds is 10. The zero-order valence-corrected chi connectivity index (χ0v) is 19.5. The zero-order chi connectivity index (χ0) is 25.2. The molecule has 0 radical (unpaired) electrons. The van der Waals surface area contributed by atoms with Gasteiger partial charge in [-0.1, -0.05) is 72.3 Å². The molecule has 3 rings (SSSR count). The Balaban J connectivity index is 1.62. The molecule has 3 aromatic rings. The number of hydroxylamine groups is 1. The summed E-state index contributed by atoms with van der Waals surface area (Å²) in [6, 6.07) is 22.3. The maximum absolute atomic E-state index is 13.0. The molecule has 0 aromatic heterocycles. The van der Waals surface area contributed by atoms with Crippen LogP contribution < -0.4 is 15.7 Å². The smallest absolute Gasteiger partial charge is 0.281 e. The molecule has 2 amide bonds. The van der Waals surface area contributed by atoms with Crippen molar-refractivity contribution in [2.75, 3.05) is 18.5 Å². The van der Waals surface area contributed by atoms with Crippen LogP contribution in [-0.4, -0.2) is 37.1 Å². The highest BCUT2D eigenvalue weighted by atomic mass is 35.5. The van der Waals surface area contributed by atoms with Gasteiger partial charge in [-0.05, 0) is 23.8 Å². The first-order chi connectivity index (χ1) is 16.9. The van der Waals surface area contributed by atoms with Crippen LogP contribution in [-0.2, 0) is 25.8 Å². The summed E-state index contributed by atoms with van der Waals surface area (Å²) in [5.41, 5.74) is 3.55. The van der Waals surface area contributed by atoms with E-state index in [1.165, 1.54) is 24.0 Å². The van der Waals surface area contributed by atoms with E-state index in [1.54, 1.807) is 42.5 Å². The van der Waals surface area contributed by atoms with Crippen LogP contribution in [0.4, 0.5) is 5.69 Å². The summed E-state index contributed by atoms with van der Waals surface area (Å²) in [5, 5.41) is 2.68. The van der Waals surface area contributed by atoms with Crippen molar-refractivity contribution in [1.29, 1.82) is 0 Å². The number of hydrogen-bond acceptors (Lipinski definition) is 6. The summed E-state index contributed by atoms with van der Waals surface area (Å²) < 4.78 is 0. The monoisotopic (exact) mass is 491 g/mol. The number of benzene rings is 3. The van der Waals surface area contributed by atoms with Gasteiger partial charge in [0.2, 0.25) is 11.6 Å². The minimum atomic E-state index is -0.869. The summed E-state index contributed by atoms with van der Waals surface area (Å²) in [5.74, 6) is -0.251. The van der Waals surface area contributed by atoms with E-state index in [0.717, 1.165) is 5.56 Å². The molecule has 0 aliphatic heterocycles. The molecule has 0 aliphatic rings. The van der Waals surface area contributed by atoms with Crippen LogP contribution in [0.15, 0.2) is 84.6 Å². The minimum absolute atomic E-state index is 0.107. The van der Waals surface area contributed by atoms with Crippen LogP contribution in [0.3, 0.4) is 0 Å². The van der Waals surface area contributed by atoms with Crippen molar-refractivity contribution >= 4 is 40.8 Å². The van der Waals surface area contributed by atoms with E-state index in [0.29, 0.717) is 16.3 Å². The second-order valence-corrected chi connectivity index (χ2v) is 7.78. The van der Waals surface area contributed by atoms with Crippen molar-refractivity contribution in [3.8, 4) is 0 Å². The Morgan fingerprint density at radius 3 is 2.29 bits per heavy atom. The lowest BCUT2D eigenvalue weighted by Crippen LogP contribution is -2.41. The van der Waals surface area contributed by atoms with Gasteiger partial charge in [-0.2, -0.15) is 0 Å². The lowest BCUT2D eigenvalue weighted by molar-refractivity contribution is -0.123. The minimum Gasteiger partial charge on any atom is -0.341 e. The first kappa shape index (κ1) is 25.4. The lowest BCUT2D eigenvalue weighted by Gasteiger charge is -2.21. The molecular weight excluding hydrogens is 470 g/mol. The number of carbonyl (C=O) groups excluding carboxylic acids is 4. The van der Waals surface area contributed by atoms with Crippen molar-refractivity contribution in [3.63, 3.8) is 0 Å². The Morgan fingerprint density at radius 1 is 0.971 bits per heavy atom. The Morgan fingerprint density at radius 2 is 1.63 bits per heavy atom. The summed E-state index contributed by atoms with van der Waals surface area (Å²) in [6.07, 6.45) is 0. The number of ketones is 1. The molecule has 0 saturated heterocycles. The highest BCUT2D eigenvalue weighted by molar-refractivity contribution is 6.31. The van der Waals surface area contributed by atoms with E-state index in [-0.39, 0.29) is 18.0 Å². The maximum Gasteiger partial charge on any atom is 0.281 e. The topological polar surface area (TPSA) is 105 Å². The molecule has 0 fully saturated rings. The number of anilines is 1. The average Bonchev–Trinajstić information content (AvgIpc) is 2.89. The third-order valence-corrected chi connectivity index (χ3v) is 5.19. The molecule has 0 unspecified atom stereocenters. The summed E-state index contributed by atoms with van der Waals surface area (Å²) in [4.78, 5) is 55.6. The Kier molecular flexibility index (Phi) is 8.92. The molecule has 9 heteroatoms. The van der Waals surface area contributed by atoms with Crippen LogP contribution in [0.1, 0.15) is 21.5 Å². The average molecular weight is 492 g/mol. The standard InChI is InChI=1S/C26H22ClN3O5/c1-30(23-13-12-20(27)14-21(23)25(33)19-10-6-3-7-11-19)24(32)15-28-26(34)22(16-31)29-35-17-18-8-4-2-5-9-18/h2-14,29H,15,17H2,1H3,(H,28,34). The molecular formula is C26H22ClN3O5. The van der Waals surface area contributed by atoms with Crippen LogP contribution in [0.2, 0.25) is 5.02 Å². The van der Waals surface area contributed by atoms with Crippen molar-refractivity contribution in [3.05, 3.63) is 106 Å². The largest absolute Gasteiger partial charge is 0.341 e. The number of amides is 2. The molecule has 0 spiro atoms. The SMILES string of the molecule is CN(C(=O)CNC(=O)C(=C=O)NOCc1ccccc1)c1ccc(Cl)cc1C(=O)c1ccccc1. The predicted octanol–water partition coefficient (Wildman–Crippen LogP) is 3.09. The third kappa shape index (κ3) is 6.88. The van der Waals surface area contributed by atoms with E-state index < -0.39 is 24.1 Å². The van der Waals surface area contributed by atoms with Crippen LogP contribution in [0.5, 0.6) is 0 Å². The number of nitrogens with one attached hydrogen (secondary N) is 2. The Bertz CT molecular complexity index is 1260. The molecule has 8 nitrogen and oxygen atoms in total. The van der Waals surface area contributed by atoms with Crippen LogP contribution in [0.25, 0.3) is 0 Å². The maximum atomic E-state index is 13.0. The number of nitrogens with zero attached hydrogens (tertiary/aromatic N) is 1. The van der Waals surface area contributed by atoms with Gasteiger partial charge in [-0.3, -0.25) is 24.7 Å². The van der Waals surface area contributed by atoms with Crippen LogP contribution >= 0.6 is 11.6 Å². The number of carbonyl (C=O) groups is 3. The van der Waals surface area contributed by atoms with Gasteiger partial charge in [0.05, 0.1) is 18.8 Å². The van der Waals surface area contributed by atoms with Crippen LogP contribution in [0, 0.1) is 0 Å². The first-order valence-electron chi connectivity index (χ1n) is 10.5. The fourth-order valence-corrected chi connectivity index (χ4v) is 3.28. The highest BCUT2D eigenvalue weighted by Crippen LogP contribution is 2.26. The fraction of sp³-hybridized carbons (Fsp3) is 0.115. The zero-order valence-electron chi connectivity index (χ0n) is 18.8. The van der Waals surface area contributed by atoms with E-state index in [9.17, 15) is 19.2 Å². The predicted molar refractivity (Wildman–Crippen MR) is 131 cm³/mol. The second kappa shape index (κ2) is 12.3. The van der Waals surface area contributed by atoms with Crippen molar-refractivity contribution < 1.29 is 24.0 Å². The van der Waals surface area contributed by atoms with Gasteiger partial charge in [0, 0.05) is 23.2 Å². The molecule has 0 aliphatic carbocycles. The van der Waals surface area contributed by atoms with Gasteiger partial charge in [0.25, 0.3) is 5.91 Å². The summed E-state index contributed by atoms with van der Waals surface area (Å²) in [6.45, 7) is -0.335. The fourth-order valence-electron chi connectivity index (χ4n) is 3.10. The molecule has 2 N–H and O–H groups in total. The van der Waals surface area contributed by atoms with Gasteiger partial charge >= 0.3 is 0 Å². The molecule has 0 saturated carbocycles. The normalized spacial score (nSPS) is 10.1. The Labute approximate surface area is 207 Å². The Hall–Kier alpha value is -4.23. The molecule has 35 heavy (non-hydrogen) atoms. The second-order valence-electron chi connectivity index (χ2n) is 7.35. The van der Waals surface area contributed by atoms with Crippen molar-refractivity contribution in [2.24, 2.45) is 0 Å². The number of likely N-dealkylation sites (N-methyl/N-ethyl adjacent to an activating group) is 1. The van der Waals surface area contributed by atoms with Crippen molar-refractivity contribution in [2.45, 2.75) is 6.61 Å². The summed E-state index contributed by atoms with van der Waals surface area (Å²) >= 11 is 6.10. The van der Waals surface area contributed by atoms with Gasteiger partial charge in [0.15, 0.2) is 11.7 Å². The lowest BCUT2D eigenvalue weighted by atomic mass is 10.0. The van der Waals surface area contributed by atoms with E-state index in [2.05, 4.69) is 10.8 Å². The van der Waals surface area contributed by atoms with Gasteiger partial charge < -0.3 is 10.2 Å². The van der Waals surface area contributed by atoms with Gasteiger partial charge in [-0.25, -0.2) is 4.79 Å².